The Balaban J connectivity index is 1.95. The fraction of sp³-hybridized carbons (Fsp3) is 0.312. The van der Waals surface area contributed by atoms with Gasteiger partial charge in [-0.15, -0.1) is 0 Å². The quantitative estimate of drug-likeness (QED) is 0.730. The fourth-order valence-corrected chi connectivity index (χ4v) is 2.82. The molecule has 0 bridgehead atoms. The summed E-state index contributed by atoms with van der Waals surface area (Å²) in [7, 11) is 0. The summed E-state index contributed by atoms with van der Waals surface area (Å²) in [6.07, 6.45) is -1.17. The Bertz CT molecular complexity index is 817. The van der Waals surface area contributed by atoms with Crippen molar-refractivity contribution in [1.82, 2.24) is 10.2 Å². The van der Waals surface area contributed by atoms with Crippen molar-refractivity contribution in [2.24, 2.45) is 0 Å². The SMILES string of the molecule is C[C@@H](Oc1cccc2c1C(=O)N(C1CCC(=O)NC1=O)C2=O)C(=O)O. The minimum Gasteiger partial charge on any atom is -0.479 e. The second-order valence-corrected chi connectivity index (χ2v) is 5.72. The molecule has 9 heteroatoms. The monoisotopic (exact) mass is 346 g/mol. The molecular formula is C16H14N2O7. The van der Waals surface area contributed by atoms with Crippen LogP contribution in [0.1, 0.15) is 40.5 Å². The van der Waals surface area contributed by atoms with Gasteiger partial charge in [0.1, 0.15) is 11.8 Å². The van der Waals surface area contributed by atoms with Gasteiger partial charge in [0, 0.05) is 6.42 Å². The zero-order valence-electron chi connectivity index (χ0n) is 13.1. The summed E-state index contributed by atoms with van der Waals surface area (Å²) in [4.78, 5) is 60.3. The van der Waals surface area contributed by atoms with Crippen molar-refractivity contribution in [1.29, 1.82) is 0 Å². The van der Waals surface area contributed by atoms with Crippen LogP contribution in [0.4, 0.5) is 0 Å². The van der Waals surface area contributed by atoms with Crippen molar-refractivity contribution < 1.29 is 33.8 Å². The van der Waals surface area contributed by atoms with Gasteiger partial charge >= 0.3 is 5.97 Å². The Morgan fingerprint density at radius 1 is 1.28 bits per heavy atom. The number of piperidine rings is 1. The highest BCUT2D eigenvalue weighted by Crippen LogP contribution is 2.34. The Kier molecular flexibility index (Phi) is 3.99. The molecule has 2 aliphatic heterocycles. The van der Waals surface area contributed by atoms with Crippen LogP contribution in [0.2, 0.25) is 0 Å². The summed E-state index contributed by atoms with van der Waals surface area (Å²) in [6.45, 7) is 1.29. The second kappa shape index (κ2) is 6.00. The van der Waals surface area contributed by atoms with Crippen molar-refractivity contribution in [3.05, 3.63) is 29.3 Å². The average molecular weight is 346 g/mol. The summed E-state index contributed by atoms with van der Waals surface area (Å²) in [5.74, 6) is -3.87. The molecule has 9 nitrogen and oxygen atoms in total. The molecule has 0 saturated carbocycles. The molecule has 1 unspecified atom stereocenters. The molecule has 2 N–H and O–H groups in total. The normalized spacial score (nSPS) is 21.0. The van der Waals surface area contributed by atoms with Crippen LogP contribution >= 0.6 is 0 Å². The van der Waals surface area contributed by atoms with Crippen LogP contribution in [0.15, 0.2) is 18.2 Å². The first-order valence-electron chi connectivity index (χ1n) is 7.55. The lowest BCUT2D eigenvalue weighted by Crippen LogP contribution is -2.54. The number of imide groups is 2. The number of amides is 4. The molecule has 2 atom stereocenters. The number of carboxylic acid groups (broad SMARTS) is 1. The third-order valence-electron chi connectivity index (χ3n) is 4.08. The number of aliphatic carboxylic acids is 1. The third-order valence-corrected chi connectivity index (χ3v) is 4.08. The van der Waals surface area contributed by atoms with Gasteiger partial charge in [-0.1, -0.05) is 6.07 Å². The molecule has 4 amide bonds. The first-order chi connectivity index (χ1) is 11.8. The predicted molar refractivity (Wildman–Crippen MR) is 80.8 cm³/mol. The molecule has 1 aromatic rings. The lowest BCUT2D eigenvalue weighted by atomic mass is 10.0. The van der Waals surface area contributed by atoms with Crippen LogP contribution in [0.3, 0.4) is 0 Å². The van der Waals surface area contributed by atoms with Crippen LogP contribution in [-0.4, -0.2) is 51.8 Å². The maximum absolute atomic E-state index is 12.7. The maximum atomic E-state index is 12.7. The van der Waals surface area contributed by atoms with E-state index >= 15 is 0 Å². The van der Waals surface area contributed by atoms with Gasteiger partial charge in [-0.3, -0.25) is 29.4 Å². The summed E-state index contributed by atoms with van der Waals surface area (Å²) in [5.41, 5.74) is -0.0462. The van der Waals surface area contributed by atoms with Gasteiger partial charge in [0.25, 0.3) is 11.8 Å². The van der Waals surface area contributed by atoms with E-state index in [0.29, 0.717) is 0 Å². The van der Waals surface area contributed by atoms with E-state index in [0.717, 1.165) is 4.90 Å². The Morgan fingerprint density at radius 2 is 2.00 bits per heavy atom. The molecule has 0 spiro atoms. The number of nitrogens with zero attached hydrogens (tertiary/aromatic N) is 1. The topological polar surface area (TPSA) is 130 Å². The molecule has 0 aliphatic carbocycles. The standard InChI is InChI=1S/C16H14N2O7/c1-7(16(23)24)25-10-4-2-3-8-12(10)15(22)18(14(8)21)9-5-6-11(19)17-13(9)20/h2-4,7,9H,5-6H2,1H3,(H,23,24)(H,17,19,20)/t7-,9?/m1/s1. The zero-order chi connectivity index (χ0) is 18.3. The van der Waals surface area contributed by atoms with Gasteiger partial charge in [0.2, 0.25) is 11.8 Å². The van der Waals surface area contributed by atoms with E-state index in [1.165, 1.54) is 25.1 Å². The number of rotatable bonds is 4. The highest BCUT2D eigenvalue weighted by Gasteiger charge is 2.46. The highest BCUT2D eigenvalue weighted by atomic mass is 16.5. The zero-order valence-corrected chi connectivity index (χ0v) is 13.1. The number of hydrogen-bond donors (Lipinski definition) is 2. The molecule has 25 heavy (non-hydrogen) atoms. The minimum atomic E-state index is -1.23. The van der Waals surface area contributed by atoms with Gasteiger partial charge in [0.15, 0.2) is 6.10 Å². The molecule has 1 aromatic carbocycles. The number of fused-ring (bicyclic) bond motifs is 1. The van der Waals surface area contributed by atoms with E-state index < -0.39 is 41.7 Å². The summed E-state index contributed by atoms with van der Waals surface area (Å²) >= 11 is 0. The Morgan fingerprint density at radius 3 is 2.64 bits per heavy atom. The van der Waals surface area contributed by atoms with Gasteiger partial charge in [0.05, 0.1) is 11.1 Å². The third kappa shape index (κ3) is 2.73. The molecule has 2 heterocycles. The molecular weight excluding hydrogens is 332 g/mol. The summed E-state index contributed by atoms with van der Waals surface area (Å²) in [5, 5.41) is 11.1. The molecule has 1 fully saturated rings. The van der Waals surface area contributed by atoms with Gasteiger partial charge < -0.3 is 9.84 Å². The fourth-order valence-electron chi connectivity index (χ4n) is 2.82. The van der Waals surface area contributed by atoms with Crippen LogP contribution in [0, 0.1) is 0 Å². The Hall–Kier alpha value is -3.23. The lowest BCUT2D eigenvalue weighted by Gasteiger charge is -2.27. The lowest BCUT2D eigenvalue weighted by molar-refractivity contribution is -0.144. The van der Waals surface area contributed by atoms with Crippen LogP contribution in [0.5, 0.6) is 5.75 Å². The first kappa shape index (κ1) is 16.6. The Labute approximate surface area is 141 Å². The maximum Gasteiger partial charge on any atom is 0.344 e. The smallest absolute Gasteiger partial charge is 0.344 e. The van der Waals surface area contributed by atoms with E-state index in [-0.39, 0.29) is 29.7 Å². The van der Waals surface area contributed by atoms with Gasteiger partial charge in [-0.25, -0.2) is 4.79 Å². The molecule has 1 saturated heterocycles. The predicted octanol–water partition coefficient (Wildman–Crippen LogP) is -0.0603. The minimum absolute atomic E-state index is 0.0171. The molecule has 2 aliphatic rings. The van der Waals surface area contributed by atoms with Crippen LogP contribution in [-0.2, 0) is 14.4 Å². The molecule has 0 radical (unpaired) electrons. The first-order valence-corrected chi connectivity index (χ1v) is 7.55. The average Bonchev–Trinajstić information content (AvgIpc) is 2.80. The molecule has 130 valence electrons. The van der Waals surface area contributed by atoms with Crippen molar-refractivity contribution in [3.8, 4) is 5.75 Å². The van der Waals surface area contributed by atoms with E-state index in [9.17, 15) is 24.0 Å². The van der Waals surface area contributed by atoms with Crippen molar-refractivity contribution in [2.45, 2.75) is 31.9 Å². The molecule has 0 aromatic heterocycles. The van der Waals surface area contributed by atoms with Crippen LogP contribution in [0.25, 0.3) is 0 Å². The number of hydrogen-bond acceptors (Lipinski definition) is 6. The van der Waals surface area contributed by atoms with Gasteiger partial charge in [-0.05, 0) is 25.5 Å². The molecule has 3 rings (SSSR count). The van der Waals surface area contributed by atoms with Gasteiger partial charge in [-0.2, -0.15) is 0 Å². The highest BCUT2D eigenvalue weighted by molar-refractivity contribution is 6.24. The van der Waals surface area contributed by atoms with E-state index in [1.807, 2.05) is 0 Å². The van der Waals surface area contributed by atoms with Crippen molar-refractivity contribution >= 4 is 29.6 Å². The number of ether oxygens (including phenoxy) is 1. The summed E-state index contributed by atoms with van der Waals surface area (Å²) in [6, 6.07) is 3.16. The number of carbonyl (C=O) groups excluding carboxylic acids is 4. The number of benzene rings is 1. The largest absolute Gasteiger partial charge is 0.479 e. The van der Waals surface area contributed by atoms with E-state index in [2.05, 4.69) is 5.32 Å². The van der Waals surface area contributed by atoms with E-state index in [4.69, 9.17) is 9.84 Å². The van der Waals surface area contributed by atoms with Crippen molar-refractivity contribution in [2.75, 3.05) is 0 Å². The summed E-state index contributed by atoms with van der Waals surface area (Å²) < 4.78 is 5.26. The van der Waals surface area contributed by atoms with E-state index in [1.54, 1.807) is 0 Å². The number of carboxylic acids is 1. The second-order valence-electron chi connectivity index (χ2n) is 5.72. The number of carbonyl (C=O) groups is 5. The van der Waals surface area contributed by atoms with Crippen molar-refractivity contribution in [3.63, 3.8) is 0 Å². The van der Waals surface area contributed by atoms with Crippen LogP contribution < -0.4 is 10.1 Å². The number of nitrogens with one attached hydrogen (secondary N) is 1.